The lowest BCUT2D eigenvalue weighted by Crippen LogP contribution is -2.68. The molecule has 2 aromatic rings. The number of benzene rings is 1. The van der Waals surface area contributed by atoms with Gasteiger partial charge in [0.25, 0.3) is 0 Å². The molecule has 1 saturated heterocycles. The summed E-state index contributed by atoms with van der Waals surface area (Å²) < 4.78 is 5.41. The molecule has 43 heavy (non-hydrogen) atoms. The number of aryl methyl sites for hydroxylation is 1. The normalized spacial score (nSPS) is 18.7. The summed E-state index contributed by atoms with van der Waals surface area (Å²) in [5, 5.41) is 8.72. The Morgan fingerprint density at radius 2 is 1.79 bits per heavy atom. The standard InChI is InChI=1S/C32H44N6O5/c1-21(29(41)36-24-14-9-11-22-10-5-6-12-23(22)24)35-30(42)26(16-28(40)34-18-31(2,3)4)37-38-32(19-43-20-32)17-27(39)25-13-7-8-15-33-25/h5-8,10,12-13,15,21,24,26,37-38H,9,11,14,16-20H2,1-4H3,(H,34,40)(H,35,42)(H,36,41)/t21-,24+,26-/m0/s1. The van der Waals surface area contributed by atoms with Gasteiger partial charge in [-0.2, -0.15) is 0 Å². The molecule has 0 spiro atoms. The lowest BCUT2D eigenvalue weighted by molar-refractivity contribution is -0.133. The highest BCUT2D eigenvalue weighted by atomic mass is 16.5. The van der Waals surface area contributed by atoms with Crippen molar-refractivity contribution in [2.24, 2.45) is 5.41 Å². The van der Waals surface area contributed by atoms with E-state index in [4.69, 9.17) is 4.74 Å². The second-order valence-corrected chi connectivity index (χ2v) is 12.8. The molecule has 1 aromatic carbocycles. The molecule has 232 valence electrons. The van der Waals surface area contributed by atoms with E-state index in [0.29, 0.717) is 12.2 Å². The number of ether oxygens (including phenoxy) is 1. The topological polar surface area (TPSA) is 151 Å². The molecule has 0 saturated carbocycles. The van der Waals surface area contributed by atoms with E-state index in [9.17, 15) is 19.2 Å². The van der Waals surface area contributed by atoms with Gasteiger partial charge in [-0.15, -0.1) is 0 Å². The Kier molecular flexibility index (Phi) is 10.6. The Hall–Kier alpha value is -3.67. The van der Waals surface area contributed by atoms with Crippen molar-refractivity contribution in [2.75, 3.05) is 19.8 Å². The molecular weight excluding hydrogens is 548 g/mol. The van der Waals surface area contributed by atoms with Gasteiger partial charge in [-0.3, -0.25) is 24.2 Å². The fourth-order valence-corrected chi connectivity index (χ4v) is 5.14. The van der Waals surface area contributed by atoms with E-state index in [1.54, 1.807) is 31.3 Å². The number of amides is 3. The number of hydrogen-bond donors (Lipinski definition) is 5. The lowest BCUT2D eigenvalue weighted by atomic mass is 9.87. The van der Waals surface area contributed by atoms with E-state index >= 15 is 0 Å². The molecule has 11 nitrogen and oxygen atoms in total. The molecule has 1 aliphatic heterocycles. The minimum absolute atomic E-state index is 0.0866. The number of carbonyl (C=O) groups excluding carboxylic acids is 4. The van der Waals surface area contributed by atoms with Crippen molar-refractivity contribution < 1.29 is 23.9 Å². The molecule has 0 bridgehead atoms. The molecule has 2 aliphatic rings. The Morgan fingerprint density at radius 1 is 1.05 bits per heavy atom. The number of Topliss-reactive ketones (excluding diaryl/α,β-unsaturated/α-hetero) is 1. The molecule has 1 aromatic heterocycles. The third-order valence-electron chi connectivity index (χ3n) is 7.68. The summed E-state index contributed by atoms with van der Waals surface area (Å²) in [5.41, 5.74) is 7.85. The molecule has 4 rings (SSSR count). The van der Waals surface area contributed by atoms with Crippen LogP contribution in [0.15, 0.2) is 48.7 Å². The summed E-state index contributed by atoms with van der Waals surface area (Å²) in [6.45, 7) is 8.55. The average Bonchev–Trinajstić information content (AvgIpc) is 2.96. The molecule has 2 heterocycles. The number of nitrogens with zero attached hydrogens (tertiary/aromatic N) is 1. The van der Waals surface area contributed by atoms with Gasteiger partial charge < -0.3 is 20.7 Å². The first-order valence-corrected chi connectivity index (χ1v) is 14.9. The van der Waals surface area contributed by atoms with Crippen molar-refractivity contribution in [3.63, 3.8) is 0 Å². The number of hydrazine groups is 1. The number of hydrogen-bond acceptors (Lipinski definition) is 8. The highest BCUT2D eigenvalue weighted by Gasteiger charge is 2.42. The van der Waals surface area contributed by atoms with Crippen LogP contribution in [0.2, 0.25) is 0 Å². The maximum Gasteiger partial charge on any atom is 0.242 e. The van der Waals surface area contributed by atoms with Crippen LogP contribution < -0.4 is 26.8 Å². The Morgan fingerprint density at radius 3 is 2.47 bits per heavy atom. The Balaban J connectivity index is 1.39. The van der Waals surface area contributed by atoms with Gasteiger partial charge in [-0.1, -0.05) is 51.1 Å². The SMILES string of the molecule is C[C@H](NC(=O)[C@H](CC(=O)NCC(C)(C)C)NNC1(CC(=O)c2ccccn2)COC1)C(=O)N[C@@H]1CCCc2ccccc21. The van der Waals surface area contributed by atoms with E-state index < -0.39 is 23.5 Å². The first-order valence-electron chi connectivity index (χ1n) is 14.9. The number of nitrogens with one attached hydrogen (secondary N) is 5. The van der Waals surface area contributed by atoms with E-state index in [1.807, 2.05) is 39.0 Å². The zero-order valence-corrected chi connectivity index (χ0v) is 25.5. The van der Waals surface area contributed by atoms with Gasteiger partial charge in [0.2, 0.25) is 17.7 Å². The highest BCUT2D eigenvalue weighted by molar-refractivity contribution is 5.95. The minimum atomic E-state index is -1.02. The van der Waals surface area contributed by atoms with E-state index in [1.165, 1.54) is 5.56 Å². The predicted molar refractivity (Wildman–Crippen MR) is 162 cm³/mol. The van der Waals surface area contributed by atoms with Crippen LogP contribution in [-0.2, 0) is 25.5 Å². The monoisotopic (exact) mass is 592 g/mol. The van der Waals surface area contributed by atoms with Crippen LogP contribution in [0.4, 0.5) is 0 Å². The number of ketones is 1. The summed E-state index contributed by atoms with van der Waals surface area (Å²) >= 11 is 0. The van der Waals surface area contributed by atoms with E-state index in [2.05, 4.69) is 37.9 Å². The van der Waals surface area contributed by atoms with Gasteiger partial charge in [0.1, 0.15) is 17.8 Å². The molecule has 3 amide bonds. The summed E-state index contributed by atoms with van der Waals surface area (Å²) in [5.74, 6) is -1.30. The van der Waals surface area contributed by atoms with Gasteiger partial charge in [0.05, 0.1) is 31.2 Å². The first kappa shape index (κ1) is 32.2. The van der Waals surface area contributed by atoms with Gasteiger partial charge >= 0.3 is 0 Å². The van der Waals surface area contributed by atoms with Crippen molar-refractivity contribution in [2.45, 2.75) is 83.5 Å². The van der Waals surface area contributed by atoms with Gasteiger partial charge in [-0.05, 0) is 54.9 Å². The molecule has 1 aliphatic carbocycles. The van der Waals surface area contributed by atoms with Crippen LogP contribution in [0.1, 0.15) is 81.0 Å². The number of fused-ring (bicyclic) bond motifs is 1. The van der Waals surface area contributed by atoms with Crippen molar-refractivity contribution in [1.29, 1.82) is 0 Å². The van der Waals surface area contributed by atoms with E-state index in [0.717, 1.165) is 24.8 Å². The summed E-state index contributed by atoms with van der Waals surface area (Å²) in [4.78, 5) is 56.5. The predicted octanol–water partition coefficient (Wildman–Crippen LogP) is 2.14. The lowest BCUT2D eigenvalue weighted by Gasteiger charge is -2.42. The van der Waals surface area contributed by atoms with Crippen LogP contribution in [0.5, 0.6) is 0 Å². The largest absolute Gasteiger partial charge is 0.377 e. The second kappa shape index (κ2) is 14.2. The fourth-order valence-electron chi connectivity index (χ4n) is 5.14. The van der Waals surface area contributed by atoms with Crippen LogP contribution in [0, 0.1) is 5.41 Å². The van der Waals surface area contributed by atoms with Gasteiger partial charge in [0.15, 0.2) is 5.78 Å². The molecule has 5 N–H and O–H groups in total. The summed E-state index contributed by atoms with van der Waals surface area (Å²) in [6, 6.07) is 11.2. The zero-order valence-electron chi connectivity index (χ0n) is 25.5. The van der Waals surface area contributed by atoms with Crippen molar-refractivity contribution in [3.05, 3.63) is 65.5 Å². The van der Waals surface area contributed by atoms with E-state index in [-0.39, 0.29) is 55.1 Å². The van der Waals surface area contributed by atoms with Gasteiger partial charge in [-0.25, -0.2) is 10.9 Å². The van der Waals surface area contributed by atoms with Crippen LogP contribution in [0.3, 0.4) is 0 Å². The maximum absolute atomic E-state index is 13.5. The van der Waals surface area contributed by atoms with Crippen molar-refractivity contribution >= 4 is 23.5 Å². The van der Waals surface area contributed by atoms with Crippen molar-refractivity contribution in [3.8, 4) is 0 Å². The smallest absolute Gasteiger partial charge is 0.242 e. The van der Waals surface area contributed by atoms with Crippen LogP contribution in [-0.4, -0.2) is 65.9 Å². The molecular formula is C32H44N6O5. The first-order chi connectivity index (χ1) is 20.4. The highest BCUT2D eigenvalue weighted by Crippen LogP contribution is 2.29. The van der Waals surface area contributed by atoms with Crippen LogP contribution in [0.25, 0.3) is 0 Å². The molecule has 3 atom stereocenters. The maximum atomic E-state index is 13.5. The molecule has 0 unspecified atom stereocenters. The quantitative estimate of drug-likeness (QED) is 0.175. The minimum Gasteiger partial charge on any atom is -0.377 e. The number of carbonyl (C=O) groups is 4. The zero-order chi connectivity index (χ0) is 31.0. The van der Waals surface area contributed by atoms with Crippen molar-refractivity contribution in [1.82, 2.24) is 31.8 Å². The average molecular weight is 593 g/mol. The Bertz CT molecular complexity index is 1290. The summed E-state index contributed by atoms with van der Waals surface area (Å²) in [6.07, 6.45) is 4.25. The Labute approximate surface area is 253 Å². The molecule has 1 fully saturated rings. The number of rotatable bonds is 13. The number of pyridine rings is 1. The van der Waals surface area contributed by atoms with Crippen LogP contribution >= 0.6 is 0 Å². The second-order valence-electron chi connectivity index (χ2n) is 12.8. The fraction of sp³-hybridized carbons (Fsp3) is 0.531. The van der Waals surface area contributed by atoms with Gasteiger partial charge in [0, 0.05) is 19.2 Å². The molecule has 0 radical (unpaired) electrons. The third kappa shape index (κ3) is 9.16. The summed E-state index contributed by atoms with van der Waals surface area (Å²) in [7, 11) is 0. The molecule has 11 heteroatoms. The third-order valence-corrected chi connectivity index (χ3v) is 7.68. The number of aromatic nitrogens is 1.